The van der Waals surface area contributed by atoms with Gasteiger partial charge in [0.15, 0.2) is 0 Å². The highest BCUT2D eigenvalue weighted by Crippen LogP contribution is 2.10. The summed E-state index contributed by atoms with van der Waals surface area (Å²) in [6.07, 6.45) is 4.74. The van der Waals surface area contributed by atoms with Crippen molar-refractivity contribution in [3.63, 3.8) is 0 Å². The van der Waals surface area contributed by atoms with Crippen LogP contribution in [0.15, 0.2) is 0 Å². The highest BCUT2D eigenvalue weighted by Gasteiger charge is 2.10. The Balaban J connectivity index is 3.79. The van der Waals surface area contributed by atoms with E-state index in [2.05, 4.69) is 25.2 Å². The van der Waals surface area contributed by atoms with E-state index in [1.807, 2.05) is 0 Å². The Kier molecular flexibility index (Phi) is 9.55. The van der Waals surface area contributed by atoms with E-state index in [0.29, 0.717) is 18.4 Å². The highest BCUT2D eigenvalue weighted by molar-refractivity contribution is 4.80. The molecule has 0 rings (SSSR count). The minimum absolute atomic E-state index is 0.265. The fraction of sp³-hybridized carbons (Fsp3) is 0.917. The molecule has 0 aromatic rings. The molecular formula is C12H24N2O. The van der Waals surface area contributed by atoms with E-state index in [4.69, 9.17) is 10.4 Å². The summed E-state index contributed by atoms with van der Waals surface area (Å²) in [5.74, 6) is 0.549. The molecule has 0 saturated heterocycles. The summed E-state index contributed by atoms with van der Waals surface area (Å²) >= 11 is 0. The Morgan fingerprint density at radius 1 is 1.33 bits per heavy atom. The lowest BCUT2D eigenvalue weighted by Crippen LogP contribution is -2.33. The standard InChI is InChI=1S/C12H24N2O/c1-3-5-11(7-9-15)10-14-12(4-2)6-8-13/h11-12,14-15H,3-7,9-10H2,1-2H3. The average molecular weight is 212 g/mol. The molecule has 2 unspecified atom stereocenters. The molecule has 3 nitrogen and oxygen atoms in total. The summed E-state index contributed by atoms with van der Waals surface area (Å²) in [7, 11) is 0. The molecule has 0 fully saturated rings. The van der Waals surface area contributed by atoms with Crippen molar-refractivity contribution in [3.05, 3.63) is 0 Å². The number of nitrogens with zero attached hydrogens (tertiary/aromatic N) is 1. The van der Waals surface area contributed by atoms with Gasteiger partial charge in [0.05, 0.1) is 12.5 Å². The van der Waals surface area contributed by atoms with Gasteiger partial charge in [-0.2, -0.15) is 5.26 Å². The number of hydrogen-bond acceptors (Lipinski definition) is 3. The molecule has 88 valence electrons. The van der Waals surface area contributed by atoms with Crippen LogP contribution in [0.2, 0.25) is 0 Å². The van der Waals surface area contributed by atoms with Crippen molar-refractivity contribution < 1.29 is 5.11 Å². The highest BCUT2D eigenvalue weighted by atomic mass is 16.3. The lowest BCUT2D eigenvalue weighted by molar-refractivity contribution is 0.244. The molecule has 0 saturated carbocycles. The van der Waals surface area contributed by atoms with Gasteiger partial charge >= 0.3 is 0 Å². The SMILES string of the molecule is CCCC(CCO)CNC(CC)CC#N. The van der Waals surface area contributed by atoms with Crippen LogP contribution >= 0.6 is 0 Å². The molecule has 0 amide bonds. The summed E-state index contributed by atoms with van der Waals surface area (Å²) in [5, 5.41) is 20.9. The number of aliphatic hydroxyl groups is 1. The van der Waals surface area contributed by atoms with Crippen molar-refractivity contribution in [2.24, 2.45) is 5.92 Å². The maximum atomic E-state index is 8.91. The fourth-order valence-electron chi connectivity index (χ4n) is 1.74. The van der Waals surface area contributed by atoms with E-state index in [1.165, 1.54) is 0 Å². The van der Waals surface area contributed by atoms with Crippen molar-refractivity contribution in [3.8, 4) is 6.07 Å². The third-order valence-electron chi connectivity index (χ3n) is 2.76. The molecule has 2 atom stereocenters. The molecule has 0 aromatic carbocycles. The summed E-state index contributed by atoms with van der Waals surface area (Å²) < 4.78 is 0. The van der Waals surface area contributed by atoms with Crippen molar-refractivity contribution >= 4 is 0 Å². The molecule has 3 heteroatoms. The quantitative estimate of drug-likeness (QED) is 0.615. The summed E-state index contributed by atoms with van der Waals surface area (Å²) in [4.78, 5) is 0. The third-order valence-corrected chi connectivity index (χ3v) is 2.76. The van der Waals surface area contributed by atoms with Gasteiger partial charge in [-0.1, -0.05) is 20.3 Å². The lowest BCUT2D eigenvalue weighted by atomic mass is 9.99. The zero-order valence-electron chi connectivity index (χ0n) is 10.00. The monoisotopic (exact) mass is 212 g/mol. The van der Waals surface area contributed by atoms with E-state index in [1.54, 1.807) is 0 Å². The zero-order chi connectivity index (χ0) is 11.5. The Labute approximate surface area is 93.5 Å². The number of hydrogen-bond donors (Lipinski definition) is 2. The van der Waals surface area contributed by atoms with Crippen molar-refractivity contribution in [1.82, 2.24) is 5.32 Å². The molecule has 0 bridgehead atoms. The van der Waals surface area contributed by atoms with Crippen LogP contribution < -0.4 is 5.32 Å². The largest absolute Gasteiger partial charge is 0.396 e. The van der Waals surface area contributed by atoms with Crippen LogP contribution in [0.4, 0.5) is 0 Å². The molecule has 2 N–H and O–H groups in total. The minimum atomic E-state index is 0.265. The minimum Gasteiger partial charge on any atom is -0.396 e. The molecule has 0 aromatic heterocycles. The summed E-state index contributed by atoms with van der Waals surface area (Å²) in [6, 6.07) is 2.51. The molecule has 0 heterocycles. The first kappa shape index (κ1) is 14.4. The Morgan fingerprint density at radius 3 is 2.53 bits per heavy atom. The molecule has 15 heavy (non-hydrogen) atoms. The number of nitrogens with one attached hydrogen (secondary N) is 1. The van der Waals surface area contributed by atoms with Crippen LogP contribution in [0.3, 0.4) is 0 Å². The summed E-state index contributed by atoms with van der Waals surface area (Å²) in [5.41, 5.74) is 0. The predicted molar refractivity (Wildman–Crippen MR) is 62.4 cm³/mol. The van der Waals surface area contributed by atoms with Crippen molar-refractivity contribution in [2.75, 3.05) is 13.2 Å². The molecule has 0 aliphatic heterocycles. The first-order chi connectivity index (χ1) is 7.28. The summed E-state index contributed by atoms with van der Waals surface area (Å²) in [6.45, 7) is 5.45. The van der Waals surface area contributed by atoms with Crippen LogP contribution in [0.5, 0.6) is 0 Å². The van der Waals surface area contributed by atoms with Gasteiger partial charge in [-0.05, 0) is 31.7 Å². The van der Waals surface area contributed by atoms with Crippen LogP contribution in [0.25, 0.3) is 0 Å². The number of aliphatic hydroxyl groups excluding tert-OH is 1. The van der Waals surface area contributed by atoms with Gasteiger partial charge < -0.3 is 10.4 Å². The Hall–Kier alpha value is -0.590. The molecule has 0 radical (unpaired) electrons. The van der Waals surface area contributed by atoms with Crippen molar-refractivity contribution in [2.45, 2.75) is 52.0 Å². The fourth-order valence-corrected chi connectivity index (χ4v) is 1.74. The maximum absolute atomic E-state index is 8.91. The average Bonchev–Trinajstić information content (AvgIpc) is 2.24. The van der Waals surface area contributed by atoms with Crippen LogP contribution in [-0.4, -0.2) is 24.3 Å². The molecule has 0 aliphatic carbocycles. The Bertz CT molecular complexity index is 171. The van der Waals surface area contributed by atoms with Gasteiger partial charge in [0.1, 0.15) is 0 Å². The molecule has 0 aliphatic rings. The third kappa shape index (κ3) is 7.35. The van der Waals surface area contributed by atoms with E-state index in [0.717, 1.165) is 32.2 Å². The molecular weight excluding hydrogens is 188 g/mol. The van der Waals surface area contributed by atoms with Crippen LogP contribution in [-0.2, 0) is 0 Å². The lowest BCUT2D eigenvalue weighted by Gasteiger charge is -2.19. The van der Waals surface area contributed by atoms with Crippen LogP contribution in [0, 0.1) is 17.2 Å². The second kappa shape index (κ2) is 9.95. The predicted octanol–water partition coefficient (Wildman–Crippen LogP) is 2.07. The maximum Gasteiger partial charge on any atom is 0.0638 e. The number of nitriles is 1. The van der Waals surface area contributed by atoms with Gasteiger partial charge in [-0.15, -0.1) is 0 Å². The van der Waals surface area contributed by atoms with Gasteiger partial charge in [-0.25, -0.2) is 0 Å². The van der Waals surface area contributed by atoms with E-state index in [-0.39, 0.29) is 6.61 Å². The number of rotatable bonds is 9. The zero-order valence-corrected chi connectivity index (χ0v) is 10.00. The van der Waals surface area contributed by atoms with E-state index < -0.39 is 0 Å². The van der Waals surface area contributed by atoms with Gasteiger partial charge in [0.2, 0.25) is 0 Å². The topological polar surface area (TPSA) is 56.0 Å². The first-order valence-electron chi connectivity index (χ1n) is 5.99. The van der Waals surface area contributed by atoms with E-state index >= 15 is 0 Å². The van der Waals surface area contributed by atoms with Crippen molar-refractivity contribution in [1.29, 1.82) is 5.26 Å². The second-order valence-electron chi connectivity index (χ2n) is 4.04. The smallest absolute Gasteiger partial charge is 0.0638 e. The normalized spacial score (nSPS) is 14.5. The van der Waals surface area contributed by atoms with Gasteiger partial charge in [0.25, 0.3) is 0 Å². The van der Waals surface area contributed by atoms with Gasteiger partial charge in [0, 0.05) is 12.6 Å². The second-order valence-corrected chi connectivity index (χ2v) is 4.04. The molecule has 0 spiro atoms. The van der Waals surface area contributed by atoms with Crippen LogP contribution in [0.1, 0.15) is 46.0 Å². The first-order valence-corrected chi connectivity index (χ1v) is 5.99. The van der Waals surface area contributed by atoms with Gasteiger partial charge in [-0.3, -0.25) is 0 Å². The van der Waals surface area contributed by atoms with E-state index in [9.17, 15) is 0 Å². The Morgan fingerprint density at radius 2 is 2.07 bits per heavy atom.